The van der Waals surface area contributed by atoms with Crippen molar-refractivity contribution in [3.05, 3.63) is 99.9 Å². The summed E-state index contributed by atoms with van der Waals surface area (Å²) < 4.78 is 80.3. The Kier molecular flexibility index (Phi) is 13.3. The van der Waals surface area contributed by atoms with Crippen LogP contribution in [0.1, 0.15) is 69.2 Å². The van der Waals surface area contributed by atoms with Gasteiger partial charge >= 0.3 is 6.18 Å². The van der Waals surface area contributed by atoms with Gasteiger partial charge in [0.2, 0.25) is 0 Å². The van der Waals surface area contributed by atoms with Crippen LogP contribution in [0.15, 0.2) is 89.1 Å². The molecule has 332 valence electrons. The number of piperazine rings is 1. The lowest BCUT2D eigenvalue weighted by atomic mass is 9.72. The molecule has 3 aliphatic rings. The number of allylic oxidation sites excluding steroid dienone is 2. The summed E-state index contributed by atoms with van der Waals surface area (Å²) in [5, 5.41) is 15.9. The van der Waals surface area contributed by atoms with Crippen LogP contribution in [0.3, 0.4) is 0 Å². The Hall–Kier alpha value is -5.46. The fourth-order valence-electron chi connectivity index (χ4n) is 8.26. The van der Waals surface area contributed by atoms with Crippen molar-refractivity contribution in [3.63, 3.8) is 0 Å². The molecule has 18 heteroatoms. The molecular formula is C44H52F3N7O7S. The van der Waals surface area contributed by atoms with Crippen LogP contribution < -0.4 is 19.7 Å². The van der Waals surface area contributed by atoms with Gasteiger partial charge in [0.25, 0.3) is 21.6 Å². The minimum atomic E-state index is -4.60. The summed E-state index contributed by atoms with van der Waals surface area (Å²) in [6.45, 7) is 13.2. The van der Waals surface area contributed by atoms with Crippen LogP contribution in [0.25, 0.3) is 11.0 Å². The van der Waals surface area contributed by atoms with E-state index < -0.39 is 44.0 Å². The van der Waals surface area contributed by atoms with Crippen molar-refractivity contribution in [2.24, 2.45) is 11.3 Å². The minimum Gasteiger partial charge on any atom is -0.455 e. The van der Waals surface area contributed by atoms with Gasteiger partial charge in [0.15, 0.2) is 0 Å². The molecule has 62 heavy (non-hydrogen) atoms. The Morgan fingerprint density at radius 3 is 2.58 bits per heavy atom. The molecule has 4 heterocycles. The Morgan fingerprint density at radius 1 is 1.10 bits per heavy atom. The van der Waals surface area contributed by atoms with E-state index in [4.69, 9.17) is 9.47 Å². The number of pyridine rings is 1. The summed E-state index contributed by atoms with van der Waals surface area (Å²) >= 11 is 0. The first-order chi connectivity index (χ1) is 29.4. The van der Waals surface area contributed by atoms with E-state index in [1.165, 1.54) is 24.4 Å². The monoisotopic (exact) mass is 879 g/mol. The quantitative estimate of drug-likeness (QED) is 0.0770. The van der Waals surface area contributed by atoms with E-state index in [0.717, 1.165) is 48.3 Å². The second-order valence-corrected chi connectivity index (χ2v) is 18.8. The number of nitrogens with zero attached hydrogens (tertiary/aromatic N) is 4. The number of fused-ring (bicyclic) bond motifs is 1. The van der Waals surface area contributed by atoms with Gasteiger partial charge in [0, 0.05) is 88.3 Å². The summed E-state index contributed by atoms with van der Waals surface area (Å²) in [6, 6.07) is 11.8. The van der Waals surface area contributed by atoms with E-state index in [-0.39, 0.29) is 34.8 Å². The van der Waals surface area contributed by atoms with Crippen LogP contribution >= 0.6 is 0 Å². The molecular weight excluding hydrogens is 828 g/mol. The number of nitro groups is 1. The number of aromatic amines is 1. The average Bonchev–Trinajstić information content (AvgIpc) is 3.71. The molecule has 0 saturated carbocycles. The Bertz CT molecular complexity index is 2460. The SMILES string of the molecule is C=C(CCC(F)(F)F)C1=C(CN2CCN(c3ccc(C(=O)NS(=O)(=O)c4ccc(NCC5CCOCC5)c([N+](=O)[O-])c4)c(Oc4cnc5[nH]ccc5c4)c3)CC2)CCC(C)(C)C1. The van der Waals surface area contributed by atoms with Gasteiger partial charge in [-0.3, -0.25) is 19.8 Å². The van der Waals surface area contributed by atoms with Crippen LogP contribution in [0.2, 0.25) is 0 Å². The fraction of sp³-hybridized carbons (Fsp3) is 0.455. The fourth-order valence-corrected chi connectivity index (χ4v) is 9.25. The molecule has 7 rings (SSSR count). The molecule has 2 aromatic carbocycles. The average molecular weight is 880 g/mol. The van der Waals surface area contributed by atoms with E-state index in [9.17, 15) is 36.5 Å². The number of H-pyrrole nitrogens is 1. The summed E-state index contributed by atoms with van der Waals surface area (Å²) in [5.41, 5.74) is 3.61. The first kappa shape index (κ1) is 44.6. The van der Waals surface area contributed by atoms with Crippen LogP contribution in [0.4, 0.5) is 30.2 Å². The molecule has 1 aliphatic carbocycles. The van der Waals surface area contributed by atoms with Crippen molar-refractivity contribution in [1.82, 2.24) is 19.6 Å². The number of nitrogens with one attached hydrogen (secondary N) is 3. The standard InChI is InChI=1S/C44H52F3N7O7S/c1-29(8-14-44(45,46)47)37-25-43(2,3)13-9-32(37)28-52-16-18-53(19-17-52)33-4-6-36(40(23-33)61-34-22-31-10-15-48-41(31)50-27-34)42(55)51-62(58,59)35-5-7-38(39(24-35)54(56)57)49-26-30-11-20-60-21-12-30/h4-7,10,15,22-24,27,30,49H,1,8-9,11-14,16-21,25-26,28H2,2-3H3,(H,48,50)(H,51,55). The number of aromatic nitrogens is 2. The van der Waals surface area contributed by atoms with E-state index >= 15 is 0 Å². The highest BCUT2D eigenvalue weighted by molar-refractivity contribution is 7.90. The Labute approximate surface area is 358 Å². The molecule has 0 unspecified atom stereocenters. The van der Waals surface area contributed by atoms with Crippen molar-refractivity contribution in [2.75, 3.05) is 62.7 Å². The molecule has 0 atom stereocenters. The summed E-state index contributed by atoms with van der Waals surface area (Å²) in [5.74, 6) is -0.398. The second kappa shape index (κ2) is 18.5. The number of nitro benzene ring substituents is 1. The van der Waals surface area contributed by atoms with Gasteiger partial charge in [-0.25, -0.2) is 18.1 Å². The third-order valence-electron chi connectivity index (χ3n) is 11.9. The molecule has 14 nitrogen and oxygen atoms in total. The predicted octanol–water partition coefficient (Wildman–Crippen LogP) is 8.75. The smallest absolute Gasteiger partial charge is 0.389 e. The zero-order valence-electron chi connectivity index (χ0n) is 34.9. The molecule has 0 radical (unpaired) electrons. The maximum atomic E-state index is 13.9. The number of hydrogen-bond donors (Lipinski definition) is 3. The van der Waals surface area contributed by atoms with Crippen molar-refractivity contribution in [2.45, 2.75) is 69.9 Å². The predicted molar refractivity (Wildman–Crippen MR) is 230 cm³/mol. The second-order valence-electron chi connectivity index (χ2n) is 17.1. The number of anilines is 2. The maximum Gasteiger partial charge on any atom is 0.389 e. The van der Waals surface area contributed by atoms with Gasteiger partial charge in [-0.1, -0.05) is 31.6 Å². The molecule has 1 amide bonds. The highest BCUT2D eigenvalue weighted by Crippen LogP contribution is 2.43. The van der Waals surface area contributed by atoms with Gasteiger partial charge in [-0.15, -0.1) is 0 Å². The molecule has 4 aromatic rings. The van der Waals surface area contributed by atoms with Gasteiger partial charge in [0.1, 0.15) is 22.8 Å². The number of carbonyl (C=O) groups excluding carboxylic acids is 1. The van der Waals surface area contributed by atoms with Crippen LogP contribution in [0, 0.1) is 21.4 Å². The van der Waals surface area contributed by atoms with E-state index in [1.807, 2.05) is 6.07 Å². The number of hydrogen-bond acceptors (Lipinski definition) is 11. The molecule has 3 N–H and O–H groups in total. The molecule has 2 aliphatic heterocycles. The number of ether oxygens (including phenoxy) is 2. The molecule has 2 aromatic heterocycles. The van der Waals surface area contributed by atoms with Gasteiger partial charge < -0.3 is 24.7 Å². The third kappa shape index (κ3) is 11.1. The van der Waals surface area contributed by atoms with Gasteiger partial charge in [0.05, 0.1) is 21.6 Å². The van der Waals surface area contributed by atoms with Crippen LogP contribution in [-0.2, 0) is 14.8 Å². The molecule has 0 bridgehead atoms. The number of benzene rings is 2. The van der Waals surface area contributed by atoms with E-state index in [2.05, 4.69) is 50.2 Å². The number of carbonyl (C=O) groups is 1. The van der Waals surface area contributed by atoms with E-state index in [0.29, 0.717) is 81.6 Å². The van der Waals surface area contributed by atoms with Crippen molar-refractivity contribution < 1.29 is 40.8 Å². The number of alkyl halides is 3. The Balaban J connectivity index is 1.08. The van der Waals surface area contributed by atoms with Gasteiger partial charge in [-0.05, 0) is 91.8 Å². The van der Waals surface area contributed by atoms with Gasteiger partial charge in [-0.2, -0.15) is 13.2 Å². The minimum absolute atomic E-state index is 0.0241. The highest BCUT2D eigenvalue weighted by Gasteiger charge is 2.33. The summed E-state index contributed by atoms with van der Waals surface area (Å²) in [7, 11) is -4.60. The topological polar surface area (TPSA) is 172 Å². The number of halogens is 3. The zero-order valence-corrected chi connectivity index (χ0v) is 35.7. The lowest BCUT2D eigenvalue weighted by Crippen LogP contribution is -2.47. The first-order valence-corrected chi connectivity index (χ1v) is 22.3. The number of sulfonamides is 1. The van der Waals surface area contributed by atoms with Crippen LogP contribution in [-0.4, -0.2) is 92.8 Å². The summed E-state index contributed by atoms with van der Waals surface area (Å²) in [4.78, 5) is 36.6. The van der Waals surface area contributed by atoms with E-state index in [1.54, 1.807) is 24.4 Å². The highest BCUT2D eigenvalue weighted by atomic mass is 32.2. The number of rotatable bonds is 15. The van der Waals surface area contributed by atoms with Crippen LogP contribution in [0.5, 0.6) is 11.5 Å². The van der Waals surface area contributed by atoms with Crippen molar-refractivity contribution in [3.8, 4) is 11.5 Å². The Morgan fingerprint density at radius 2 is 1.85 bits per heavy atom. The molecule has 2 saturated heterocycles. The molecule has 0 spiro atoms. The van der Waals surface area contributed by atoms with Crippen molar-refractivity contribution >= 4 is 44.0 Å². The normalized spacial score (nSPS) is 17.9. The first-order valence-electron chi connectivity index (χ1n) is 20.8. The third-order valence-corrected chi connectivity index (χ3v) is 13.2. The lowest BCUT2D eigenvalue weighted by molar-refractivity contribution is -0.384. The maximum absolute atomic E-state index is 13.9. The largest absolute Gasteiger partial charge is 0.455 e. The summed E-state index contributed by atoms with van der Waals surface area (Å²) in [6.07, 6.45) is 1.98. The van der Waals surface area contributed by atoms with Crippen molar-refractivity contribution in [1.29, 1.82) is 0 Å². The zero-order chi connectivity index (χ0) is 44.2. The number of amides is 1. The molecule has 2 fully saturated rings. The lowest BCUT2D eigenvalue weighted by Gasteiger charge is -2.39.